The van der Waals surface area contributed by atoms with E-state index >= 15 is 0 Å². The molecule has 2 aromatic rings. The van der Waals surface area contributed by atoms with Crippen molar-refractivity contribution in [1.82, 2.24) is 14.9 Å². The number of aromatic amines is 1. The predicted molar refractivity (Wildman–Crippen MR) is 109 cm³/mol. The van der Waals surface area contributed by atoms with Gasteiger partial charge in [0.1, 0.15) is 11.4 Å². The van der Waals surface area contributed by atoms with E-state index in [1.165, 1.54) is 10.9 Å². The second-order valence-electron chi connectivity index (χ2n) is 8.67. The minimum atomic E-state index is -0.450. The third-order valence-corrected chi connectivity index (χ3v) is 5.51. The summed E-state index contributed by atoms with van der Waals surface area (Å²) in [6, 6.07) is 2.14. The Balaban J connectivity index is 1.43. The first-order chi connectivity index (χ1) is 13.4. The molecule has 0 radical (unpaired) electrons. The number of anilines is 1. The highest BCUT2D eigenvalue weighted by atomic mass is 16.6. The average molecular weight is 386 g/mol. The van der Waals surface area contributed by atoms with Crippen LogP contribution in [0.25, 0.3) is 10.9 Å². The Bertz CT molecular complexity index is 828. The molecule has 7 nitrogen and oxygen atoms in total. The Morgan fingerprint density at radius 1 is 1.21 bits per heavy atom. The van der Waals surface area contributed by atoms with E-state index in [0.29, 0.717) is 5.92 Å². The average Bonchev–Trinajstić information content (AvgIpc) is 3.11. The van der Waals surface area contributed by atoms with Crippen LogP contribution in [0, 0.1) is 0 Å². The lowest BCUT2D eigenvalue weighted by Crippen LogP contribution is -2.41. The van der Waals surface area contributed by atoms with E-state index in [0.717, 1.165) is 63.6 Å². The van der Waals surface area contributed by atoms with E-state index in [9.17, 15) is 4.79 Å². The maximum atomic E-state index is 12.3. The van der Waals surface area contributed by atoms with E-state index in [2.05, 4.69) is 22.1 Å². The first-order valence-corrected chi connectivity index (χ1v) is 10.2. The number of ether oxygens (including phenoxy) is 2. The minimum absolute atomic E-state index is 0.207. The number of piperidine rings is 1. The first kappa shape index (κ1) is 19.1. The number of hydrogen-bond donors (Lipinski definition) is 1. The van der Waals surface area contributed by atoms with Crippen LogP contribution in [0.5, 0.6) is 0 Å². The van der Waals surface area contributed by atoms with Crippen LogP contribution < -0.4 is 4.90 Å². The van der Waals surface area contributed by atoms with E-state index in [4.69, 9.17) is 14.5 Å². The van der Waals surface area contributed by atoms with Crippen molar-refractivity contribution in [2.45, 2.75) is 45.1 Å². The van der Waals surface area contributed by atoms with Crippen LogP contribution in [0.2, 0.25) is 0 Å². The molecule has 2 fully saturated rings. The van der Waals surface area contributed by atoms with Gasteiger partial charge < -0.3 is 24.3 Å². The quantitative estimate of drug-likeness (QED) is 0.855. The van der Waals surface area contributed by atoms with Gasteiger partial charge in [0.25, 0.3) is 0 Å². The molecule has 1 amide bonds. The van der Waals surface area contributed by atoms with Crippen LogP contribution in [0.1, 0.15) is 45.1 Å². The van der Waals surface area contributed by atoms with Gasteiger partial charge in [-0.25, -0.2) is 9.78 Å². The fraction of sp³-hybridized carbons (Fsp3) is 0.619. The van der Waals surface area contributed by atoms with Crippen molar-refractivity contribution in [2.75, 3.05) is 44.3 Å². The van der Waals surface area contributed by atoms with Crippen LogP contribution in [-0.2, 0) is 9.47 Å². The molecule has 1 N–H and O–H groups in total. The van der Waals surface area contributed by atoms with Gasteiger partial charge in [-0.1, -0.05) is 0 Å². The summed E-state index contributed by atoms with van der Waals surface area (Å²) < 4.78 is 10.9. The van der Waals surface area contributed by atoms with Crippen molar-refractivity contribution >= 4 is 22.8 Å². The number of amides is 1. The van der Waals surface area contributed by atoms with Crippen LogP contribution in [-0.4, -0.2) is 66.0 Å². The molecule has 2 aliphatic rings. The summed E-state index contributed by atoms with van der Waals surface area (Å²) >= 11 is 0. The Kier molecular flexibility index (Phi) is 5.19. The van der Waals surface area contributed by atoms with Crippen molar-refractivity contribution in [3.63, 3.8) is 0 Å². The Hall–Kier alpha value is -2.28. The zero-order chi connectivity index (χ0) is 19.7. The molecule has 0 bridgehead atoms. The highest BCUT2D eigenvalue weighted by Gasteiger charge is 2.28. The SMILES string of the molecule is CC(C)(C)OC(=O)N1CCC(c2c[nH]c3cc(N4CCOCC4)ncc23)CC1. The van der Waals surface area contributed by atoms with Gasteiger partial charge in [-0.2, -0.15) is 0 Å². The topological polar surface area (TPSA) is 70.7 Å². The highest BCUT2D eigenvalue weighted by molar-refractivity contribution is 5.85. The number of rotatable bonds is 2. The van der Waals surface area contributed by atoms with Crippen molar-refractivity contribution in [3.05, 3.63) is 24.0 Å². The normalized spacial score (nSPS) is 19.2. The molecule has 7 heteroatoms. The number of H-pyrrole nitrogens is 1. The summed E-state index contributed by atoms with van der Waals surface area (Å²) in [4.78, 5) is 24.5. The number of carbonyl (C=O) groups excluding carboxylic acids is 1. The van der Waals surface area contributed by atoms with E-state index in [-0.39, 0.29) is 6.09 Å². The second kappa shape index (κ2) is 7.62. The zero-order valence-electron chi connectivity index (χ0n) is 17.0. The number of nitrogens with zero attached hydrogens (tertiary/aromatic N) is 3. The Morgan fingerprint density at radius 2 is 1.93 bits per heavy atom. The van der Waals surface area contributed by atoms with Gasteiger partial charge in [-0.15, -0.1) is 0 Å². The number of aromatic nitrogens is 2. The molecular formula is C21H30N4O3. The molecule has 0 atom stereocenters. The summed E-state index contributed by atoms with van der Waals surface area (Å²) in [6.45, 7) is 10.4. The number of nitrogens with one attached hydrogen (secondary N) is 1. The number of likely N-dealkylation sites (tertiary alicyclic amines) is 1. The molecule has 0 saturated carbocycles. The molecule has 0 spiro atoms. The zero-order valence-corrected chi connectivity index (χ0v) is 17.0. The monoisotopic (exact) mass is 386 g/mol. The standard InChI is InChI=1S/C21H30N4O3/c1-21(2,3)28-20(26)25-6-4-15(5-7-25)16-13-22-18-12-19(23-14-17(16)18)24-8-10-27-11-9-24/h12-15,22H,4-11H2,1-3H3. The summed E-state index contributed by atoms with van der Waals surface area (Å²) in [5.74, 6) is 1.44. The molecule has 28 heavy (non-hydrogen) atoms. The van der Waals surface area contributed by atoms with Gasteiger partial charge >= 0.3 is 6.09 Å². The number of morpholine rings is 1. The smallest absolute Gasteiger partial charge is 0.410 e. The van der Waals surface area contributed by atoms with Crippen LogP contribution in [0.3, 0.4) is 0 Å². The predicted octanol–water partition coefficient (Wildman–Crippen LogP) is 3.51. The van der Waals surface area contributed by atoms with Crippen molar-refractivity contribution < 1.29 is 14.3 Å². The maximum absolute atomic E-state index is 12.3. The van der Waals surface area contributed by atoms with Crippen LogP contribution >= 0.6 is 0 Å². The summed E-state index contributed by atoms with van der Waals surface area (Å²) in [6.07, 6.45) is 5.78. The molecule has 0 aromatic carbocycles. The van der Waals surface area contributed by atoms with Gasteiger partial charge in [0.2, 0.25) is 0 Å². The fourth-order valence-electron chi connectivity index (χ4n) is 4.03. The molecule has 2 aliphatic heterocycles. The van der Waals surface area contributed by atoms with E-state index in [1.54, 1.807) is 0 Å². The number of pyridine rings is 1. The van der Waals surface area contributed by atoms with Crippen LogP contribution in [0.15, 0.2) is 18.5 Å². The highest BCUT2D eigenvalue weighted by Crippen LogP contribution is 2.34. The maximum Gasteiger partial charge on any atom is 0.410 e. The lowest BCUT2D eigenvalue weighted by Gasteiger charge is -2.33. The summed E-state index contributed by atoms with van der Waals surface area (Å²) in [7, 11) is 0. The second-order valence-corrected chi connectivity index (χ2v) is 8.67. The van der Waals surface area contributed by atoms with Gasteiger partial charge in [-0.05, 0) is 45.1 Å². The fourth-order valence-corrected chi connectivity index (χ4v) is 4.03. The minimum Gasteiger partial charge on any atom is -0.444 e. The third-order valence-electron chi connectivity index (χ3n) is 5.51. The molecule has 4 rings (SSSR count). The Labute approximate surface area is 166 Å². The molecule has 2 aromatic heterocycles. The molecule has 152 valence electrons. The first-order valence-electron chi connectivity index (χ1n) is 10.2. The molecule has 4 heterocycles. The lowest BCUT2D eigenvalue weighted by atomic mass is 9.89. The molecule has 2 saturated heterocycles. The lowest BCUT2D eigenvalue weighted by molar-refractivity contribution is 0.0205. The van der Waals surface area contributed by atoms with Gasteiger partial charge in [-0.3, -0.25) is 0 Å². The van der Waals surface area contributed by atoms with Crippen LogP contribution in [0.4, 0.5) is 10.6 Å². The molecule has 0 aliphatic carbocycles. The van der Waals surface area contributed by atoms with Crippen molar-refractivity contribution in [1.29, 1.82) is 0 Å². The van der Waals surface area contributed by atoms with E-state index < -0.39 is 5.60 Å². The van der Waals surface area contributed by atoms with Crippen molar-refractivity contribution in [3.8, 4) is 0 Å². The number of fused-ring (bicyclic) bond motifs is 1. The van der Waals surface area contributed by atoms with Crippen molar-refractivity contribution in [2.24, 2.45) is 0 Å². The van der Waals surface area contributed by atoms with Gasteiger partial charge in [0, 0.05) is 50.0 Å². The number of carbonyl (C=O) groups is 1. The summed E-state index contributed by atoms with van der Waals surface area (Å²) in [5, 5.41) is 1.19. The molecular weight excluding hydrogens is 356 g/mol. The van der Waals surface area contributed by atoms with E-state index in [1.807, 2.05) is 31.9 Å². The Morgan fingerprint density at radius 3 is 2.61 bits per heavy atom. The third kappa shape index (κ3) is 4.09. The number of hydrogen-bond acceptors (Lipinski definition) is 5. The largest absolute Gasteiger partial charge is 0.444 e. The van der Waals surface area contributed by atoms with Gasteiger partial charge in [0.15, 0.2) is 0 Å². The van der Waals surface area contributed by atoms with Gasteiger partial charge in [0.05, 0.1) is 18.7 Å². The molecule has 0 unspecified atom stereocenters. The summed E-state index contributed by atoms with van der Waals surface area (Å²) in [5.41, 5.74) is 1.98.